The van der Waals surface area contributed by atoms with E-state index in [0.29, 0.717) is 21.1 Å². The largest absolute Gasteiger partial charge is 0.380 e. The summed E-state index contributed by atoms with van der Waals surface area (Å²) in [6.45, 7) is 0.584. The molecule has 0 aromatic heterocycles. The van der Waals surface area contributed by atoms with E-state index >= 15 is 0 Å². The predicted octanol–water partition coefficient (Wildman–Crippen LogP) is 5.51. The maximum atomic E-state index is 12.9. The molecule has 0 amide bonds. The molecular formula is C13H9BrCl2FN. The van der Waals surface area contributed by atoms with Gasteiger partial charge in [0.2, 0.25) is 0 Å². The fourth-order valence-electron chi connectivity index (χ4n) is 1.48. The number of hydrogen-bond acceptors (Lipinski definition) is 1. The molecule has 0 spiro atoms. The van der Waals surface area contributed by atoms with Crippen molar-refractivity contribution in [1.29, 1.82) is 0 Å². The number of hydrogen-bond donors (Lipinski definition) is 1. The van der Waals surface area contributed by atoms with E-state index in [4.69, 9.17) is 23.2 Å². The van der Waals surface area contributed by atoms with E-state index < -0.39 is 0 Å². The summed E-state index contributed by atoms with van der Waals surface area (Å²) in [7, 11) is 0. The minimum atomic E-state index is -0.276. The van der Waals surface area contributed by atoms with Crippen LogP contribution in [0.1, 0.15) is 5.56 Å². The van der Waals surface area contributed by atoms with Crippen molar-refractivity contribution in [3.05, 3.63) is 62.3 Å². The highest BCUT2D eigenvalue weighted by molar-refractivity contribution is 9.10. The molecule has 0 saturated heterocycles. The summed E-state index contributed by atoms with van der Waals surface area (Å²) in [6.07, 6.45) is 0. The standard InChI is InChI=1S/C13H9BrCl2FN/c14-10-6-9(17)2-4-13(10)18-7-8-1-3-11(15)12(16)5-8/h1-6,18H,7H2. The molecule has 0 aliphatic rings. The van der Waals surface area contributed by atoms with E-state index in [1.165, 1.54) is 12.1 Å². The number of nitrogens with one attached hydrogen (secondary N) is 1. The van der Waals surface area contributed by atoms with E-state index in [2.05, 4.69) is 21.2 Å². The van der Waals surface area contributed by atoms with Gasteiger partial charge in [-0.3, -0.25) is 0 Å². The third kappa shape index (κ3) is 3.37. The van der Waals surface area contributed by atoms with Crippen LogP contribution in [0.4, 0.5) is 10.1 Å². The Kier molecular flexibility index (Phi) is 4.49. The fraction of sp³-hybridized carbons (Fsp3) is 0.0769. The van der Waals surface area contributed by atoms with E-state index in [1.54, 1.807) is 18.2 Å². The molecule has 2 rings (SSSR count). The minimum absolute atomic E-state index is 0.276. The van der Waals surface area contributed by atoms with Crippen molar-refractivity contribution in [2.45, 2.75) is 6.54 Å². The summed E-state index contributed by atoms with van der Waals surface area (Å²) in [5.74, 6) is -0.276. The number of rotatable bonds is 3. The van der Waals surface area contributed by atoms with Crippen LogP contribution in [0.25, 0.3) is 0 Å². The van der Waals surface area contributed by atoms with Crippen molar-refractivity contribution in [2.24, 2.45) is 0 Å². The average Bonchev–Trinajstić information content (AvgIpc) is 2.32. The first-order chi connectivity index (χ1) is 8.56. The first-order valence-corrected chi connectivity index (χ1v) is 6.74. The van der Waals surface area contributed by atoms with E-state index in [-0.39, 0.29) is 5.82 Å². The van der Waals surface area contributed by atoms with Gasteiger partial charge in [-0.25, -0.2) is 4.39 Å². The summed E-state index contributed by atoms with van der Waals surface area (Å²) in [6, 6.07) is 9.93. The second-order valence-corrected chi connectivity index (χ2v) is 5.39. The third-order valence-corrected chi connectivity index (χ3v) is 3.79. The van der Waals surface area contributed by atoms with Gasteiger partial charge >= 0.3 is 0 Å². The summed E-state index contributed by atoms with van der Waals surface area (Å²) in [5.41, 5.74) is 1.82. The van der Waals surface area contributed by atoms with Gasteiger partial charge in [0.05, 0.1) is 10.0 Å². The van der Waals surface area contributed by atoms with Crippen LogP contribution >= 0.6 is 39.1 Å². The Bertz CT molecular complexity index is 575. The zero-order valence-corrected chi connectivity index (χ0v) is 12.3. The lowest BCUT2D eigenvalue weighted by Crippen LogP contribution is -2.00. The molecule has 2 aromatic carbocycles. The Morgan fingerprint density at radius 2 is 1.83 bits per heavy atom. The van der Waals surface area contributed by atoms with Gasteiger partial charge in [0.1, 0.15) is 5.82 Å². The normalized spacial score (nSPS) is 10.4. The molecule has 0 bridgehead atoms. The van der Waals surface area contributed by atoms with Crippen LogP contribution in [0, 0.1) is 5.82 Å². The lowest BCUT2D eigenvalue weighted by Gasteiger charge is -2.09. The fourth-order valence-corrected chi connectivity index (χ4v) is 2.29. The molecule has 0 radical (unpaired) electrons. The monoisotopic (exact) mass is 347 g/mol. The number of anilines is 1. The molecule has 94 valence electrons. The van der Waals surface area contributed by atoms with Crippen molar-refractivity contribution >= 4 is 44.8 Å². The molecule has 5 heteroatoms. The number of benzene rings is 2. The van der Waals surface area contributed by atoms with Crippen LogP contribution in [0.2, 0.25) is 10.0 Å². The first-order valence-electron chi connectivity index (χ1n) is 5.19. The van der Waals surface area contributed by atoms with Gasteiger partial charge in [-0.05, 0) is 51.8 Å². The van der Waals surface area contributed by atoms with Crippen LogP contribution in [0.15, 0.2) is 40.9 Å². The smallest absolute Gasteiger partial charge is 0.124 e. The molecule has 0 saturated carbocycles. The van der Waals surface area contributed by atoms with Crippen molar-refractivity contribution < 1.29 is 4.39 Å². The lowest BCUT2D eigenvalue weighted by atomic mass is 10.2. The first kappa shape index (κ1) is 13.7. The Morgan fingerprint density at radius 1 is 1.06 bits per heavy atom. The summed E-state index contributed by atoms with van der Waals surface area (Å²) < 4.78 is 13.6. The van der Waals surface area contributed by atoms with Crippen LogP contribution in [-0.2, 0) is 6.54 Å². The molecule has 18 heavy (non-hydrogen) atoms. The maximum Gasteiger partial charge on any atom is 0.124 e. The second kappa shape index (κ2) is 5.91. The molecular weight excluding hydrogens is 340 g/mol. The Morgan fingerprint density at radius 3 is 2.50 bits per heavy atom. The summed E-state index contributed by atoms with van der Waals surface area (Å²) in [4.78, 5) is 0. The van der Waals surface area contributed by atoms with Gasteiger partial charge < -0.3 is 5.32 Å². The van der Waals surface area contributed by atoms with E-state index in [0.717, 1.165) is 11.3 Å². The van der Waals surface area contributed by atoms with Gasteiger partial charge in [-0.15, -0.1) is 0 Å². The van der Waals surface area contributed by atoms with Gasteiger partial charge in [-0.2, -0.15) is 0 Å². The molecule has 0 heterocycles. The number of halogens is 4. The van der Waals surface area contributed by atoms with E-state index in [9.17, 15) is 4.39 Å². The van der Waals surface area contributed by atoms with Crippen molar-refractivity contribution in [3.8, 4) is 0 Å². The highest BCUT2D eigenvalue weighted by atomic mass is 79.9. The lowest BCUT2D eigenvalue weighted by molar-refractivity contribution is 0.627. The zero-order valence-electron chi connectivity index (χ0n) is 9.18. The molecule has 0 fully saturated rings. The molecule has 0 aliphatic carbocycles. The molecule has 2 aromatic rings. The Balaban J connectivity index is 2.09. The van der Waals surface area contributed by atoms with Crippen molar-refractivity contribution in [1.82, 2.24) is 0 Å². The second-order valence-electron chi connectivity index (χ2n) is 3.73. The Hall–Kier alpha value is -0.770. The SMILES string of the molecule is Fc1ccc(NCc2ccc(Cl)c(Cl)c2)c(Br)c1. The van der Waals surface area contributed by atoms with E-state index in [1.807, 2.05) is 6.07 Å². The highest BCUT2D eigenvalue weighted by Crippen LogP contribution is 2.25. The van der Waals surface area contributed by atoms with Crippen LogP contribution in [0.5, 0.6) is 0 Å². The third-order valence-electron chi connectivity index (χ3n) is 2.40. The van der Waals surface area contributed by atoms with Gasteiger partial charge in [0, 0.05) is 16.7 Å². The minimum Gasteiger partial charge on any atom is -0.380 e. The quantitative estimate of drug-likeness (QED) is 0.771. The zero-order chi connectivity index (χ0) is 13.1. The molecule has 0 aliphatic heterocycles. The van der Waals surface area contributed by atoms with Crippen molar-refractivity contribution in [2.75, 3.05) is 5.32 Å². The average molecular weight is 349 g/mol. The molecule has 1 N–H and O–H groups in total. The van der Waals surface area contributed by atoms with Crippen LogP contribution in [0.3, 0.4) is 0 Å². The van der Waals surface area contributed by atoms with Gasteiger partial charge in [-0.1, -0.05) is 29.3 Å². The summed E-state index contributed by atoms with van der Waals surface area (Å²) >= 11 is 15.1. The Labute approximate surface area is 123 Å². The summed E-state index contributed by atoms with van der Waals surface area (Å²) in [5, 5.41) is 4.24. The van der Waals surface area contributed by atoms with Gasteiger partial charge in [0.15, 0.2) is 0 Å². The van der Waals surface area contributed by atoms with Crippen LogP contribution in [-0.4, -0.2) is 0 Å². The predicted molar refractivity (Wildman–Crippen MR) is 77.9 cm³/mol. The molecule has 0 atom stereocenters. The van der Waals surface area contributed by atoms with Crippen LogP contribution < -0.4 is 5.32 Å². The molecule has 1 nitrogen and oxygen atoms in total. The maximum absolute atomic E-state index is 12.9. The highest BCUT2D eigenvalue weighted by Gasteiger charge is 2.03. The van der Waals surface area contributed by atoms with Crippen molar-refractivity contribution in [3.63, 3.8) is 0 Å². The topological polar surface area (TPSA) is 12.0 Å². The molecule has 0 unspecified atom stereocenters. The van der Waals surface area contributed by atoms with Gasteiger partial charge in [0.25, 0.3) is 0 Å².